The molecule has 1 aromatic rings. The number of rotatable bonds is 9. The Morgan fingerprint density at radius 2 is 1.97 bits per heavy atom. The largest absolute Gasteiger partial charge is 0.463 e. The standard InChI is InChI=1S/C22H25Cl2NO4S/c1-5-11-29-21(26)15-12-25(4)17(13-30-7-3)19(22(27)28-6-2)18(15)14-9-8-10-16(23)20(14)24/h5,8-10,12,18H,1,6-7,11,13H2,2-4H3. The van der Waals surface area contributed by atoms with E-state index in [4.69, 9.17) is 32.7 Å². The fourth-order valence-electron chi connectivity index (χ4n) is 3.15. The molecule has 0 spiro atoms. The topological polar surface area (TPSA) is 55.8 Å². The van der Waals surface area contributed by atoms with Crippen LogP contribution in [0.5, 0.6) is 0 Å². The van der Waals surface area contributed by atoms with Crippen molar-refractivity contribution in [3.63, 3.8) is 0 Å². The molecule has 1 aliphatic rings. The van der Waals surface area contributed by atoms with Gasteiger partial charge in [-0.05, 0) is 24.3 Å². The number of esters is 2. The second kappa shape index (κ2) is 11.5. The highest BCUT2D eigenvalue weighted by Gasteiger charge is 2.39. The lowest BCUT2D eigenvalue weighted by Crippen LogP contribution is -2.32. The maximum atomic E-state index is 13.1. The van der Waals surface area contributed by atoms with Gasteiger partial charge in [-0.15, -0.1) is 0 Å². The maximum absolute atomic E-state index is 13.1. The second-order valence-electron chi connectivity index (χ2n) is 6.38. The highest BCUT2D eigenvalue weighted by molar-refractivity contribution is 7.99. The molecule has 0 fully saturated rings. The first kappa shape index (κ1) is 24.4. The number of halogens is 2. The van der Waals surface area contributed by atoms with E-state index in [9.17, 15) is 9.59 Å². The van der Waals surface area contributed by atoms with Crippen LogP contribution < -0.4 is 0 Å². The van der Waals surface area contributed by atoms with Crippen LogP contribution in [0.1, 0.15) is 25.3 Å². The summed E-state index contributed by atoms with van der Waals surface area (Å²) in [6, 6.07) is 5.14. The van der Waals surface area contributed by atoms with E-state index >= 15 is 0 Å². The SMILES string of the molecule is C=CCOC(=O)C1=CN(C)C(CSCC)=C(C(=O)OCC)C1c1cccc(Cl)c1Cl. The van der Waals surface area contributed by atoms with Crippen molar-refractivity contribution in [1.29, 1.82) is 0 Å². The van der Waals surface area contributed by atoms with Crippen LogP contribution in [0, 0.1) is 0 Å². The number of ether oxygens (including phenoxy) is 2. The minimum atomic E-state index is -0.767. The normalized spacial score (nSPS) is 16.2. The summed E-state index contributed by atoms with van der Waals surface area (Å²) in [6.07, 6.45) is 3.17. The van der Waals surface area contributed by atoms with E-state index in [0.29, 0.717) is 21.9 Å². The number of carbonyl (C=O) groups is 2. The van der Waals surface area contributed by atoms with Crippen molar-refractivity contribution >= 4 is 46.9 Å². The zero-order chi connectivity index (χ0) is 22.3. The van der Waals surface area contributed by atoms with E-state index in [1.165, 1.54) is 6.08 Å². The molecule has 0 amide bonds. The number of benzene rings is 1. The van der Waals surface area contributed by atoms with Gasteiger partial charge in [0.05, 0.1) is 33.7 Å². The molecule has 0 aromatic heterocycles. The average molecular weight is 470 g/mol. The first-order valence-corrected chi connectivity index (χ1v) is 11.4. The van der Waals surface area contributed by atoms with Gasteiger partial charge in [0.2, 0.25) is 0 Å². The molecule has 1 aliphatic heterocycles. The third kappa shape index (κ3) is 5.42. The molecule has 5 nitrogen and oxygen atoms in total. The number of thioether (sulfide) groups is 1. The van der Waals surface area contributed by atoms with Crippen molar-refractivity contribution in [2.45, 2.75) is 19.8 Å². The van der Waals surface area contributed by atoms with Crippen LogP contribution in [-0.2, 0) is 19.1 Å². The molecule has 0 saturated heterocycles. The van der Waals surface area contributed by atoms with Crippen molar-refractivity contribution in [2.24, 2.45) is 0 Å². The molecule has 0 radical (unpaired) electrons. The van der Waals surface area contributed by atoms with Crippen molar-refractivity contribution in [1.82, 2.24) is 4.90 Å². The molecule has 8 heteroatoms. The van der Waals surface area contributed by atoms with Gasteiger partial charge in [0.25, 0.3) is 0 Å². The molecule has 162 valence electrons. The Morgan fingerprint density at radius 1 is 1.23 bits per heavy atom. The third-order valence-corrected chi connectivity index (χ3v) is 6.19. The van der Waals surface area contributed by atoms with Crippen molar-refractivity contribution < 1.29 is 19.1 Å². The first-order valence-electron chi connectivity index (χ1n) is 9.51. The van der Waals surface area contributed by atoms with Crippen LogP contribution in [-0.4, -0.2) is 48.6 Å². The Bertz CT molecular complexity index is 882. The molecule has 1 unspecified atom stereocenters. The van der Waals surface area contributed by atoms with Gasteiger partial charge in [-0.25, -0.2) is 9.59 Å². The molecule has 0 N–H and O–H groups in total. The number of carbonyl (C=O) groups excluding carboxylic acids is 2. The zero-order valence-corrected chi connectivity index (χ0v) is 19.6. The van der Waals surface area contributed by atoms with Crippen LogP contribution in [0.4, 0.5) is 0 Å². The molecular formula is C22H25Cl2NO4S. The van der Waals surface area contributed by atoms with Gasteiger partial charge in [-0.1, -0.05) is 54.9 Å². The zero-order valence-electron chi connectivity index (χ0n) is 17.2. The predicted octanol–water partition coefficient (Wildman–Crippen LogP) is 5.21. The average Bonchev–Trinajstić information content (AvgIpc) is 2.72. The summed E-state index contributed by atoms with van der Waals surface area (Å²) in [4.78, 5) is 27.8. The lowest BCUT2D eigenvalue weighted by Gasteiger charge is -2.34. The lowest BCUT2D eigenvalue weighted by atomic mass is 9.81. The lowest BCUT2D eigenvalue weighted by molar-refractivity contribution is -0.139. The number of hydrogen-bond acceptors (Lipinski definition) is 6. The summed E-state index contributed by atoms with van der Waals surface area (Å²) in [5.74, 6) is -0.391. The minimum Gasteiger partial charge on any atom is -0.463 e. The summed E-state index contributed by atoms with van der Waals surface area (Å²) in [7, 11) is 1.79. The fourth-order valence-corrected chi connectivity index (χ4v) is 4.32. The van der Waals surface area contributed by atoms with Crippen molar-refractivity contribution in [3.8, 4) is 0 Å². The Kier molecular flexibility index (Phi) is 9.34. The summed E-state index contributed by atoms with van der Waals surface area (Å²) in [6.45, 7) is 7.61. The molecular weight excluding hydrogens is 445 g/mol. The monoisotopic (exact) mass is 469 g/mol. The Balaban J connectivity index is 2.73. The van der Waals surface area contributed by atoms with Crippen molar-refractivity contribution in [2.75, 3.05) is 31.8 Å². The molecule has 2 rings (SSSR count). The highest BCUT2D eigenvalue weighted by Crippen LogP contribution is 2.44. The van der Waals surface area contributed by atoms with E-state index in [2.05, 4.69) is 6.58 Å². The van der Waals surface area contributed by atoms with Gasteiger partial charge < -0.3 is 14.4 Å². The van der Waals surface area contributed by atoms with E-state index in [1.54, 1.807) is 55.0 Å². The van der Waals surface area contributed by atoms with Gasteiger partial charge in [0.15, 0.2) is 0 Å². The Hall–Kier alpha value is -1.89. The Morgan fingerprint density at radius 3 is 2.60 bits per heavy atom. The number of hydrogen-bond donors (Lipinski definition) is 0. The van der Waals surface area contributed by atoms with Crippen LogP contribution in [0.2, 0.25) is 10.0 Å². The smallest absolute Gasteiger partial charge is 0.336 e. The van der Waals surface area contributed by atoms with Gasteiger partial charge in [0, 0.05) is 24.7 Å². The number of nitrogens with zero attached hydrogens (tertiary/aromatic N) is 1. The summed E-state index contributed by atoms with van der Waals surface area (Å²) >= 11 is 14.4. The quantitative estimate of drug-likeness (QED) is 0.365. The van der Waals surface area contributed by atoms with E-state index in [1.807, 2.05) is 6.92 Å². The van der Waals surface area contributed by atoms with Crippen LogP contribution >= 0.6 is 35.0 Å². The predicted molar refractivity (Wildman–Crippen MR) is 123 cm³/mol. The minimum absolute atomic E-state index is 0.0485. The van der Waals surface area contributed by atoms with Crippen LogP contribution in [0.25, 0.3) is 0 Å². The molecule has 1 aromatic carbocycles. The highest BCUT2D eigenvalue weighted by atomic mass is 35.5. The summed E-state index contributed by atoms with van der Waals surface area (Å²) in [5, 5.41) is 0.611. The first-order chi connectivity index (χ1) is 14.4. The van der Waals surface area contributed by atoms with Gasteiger partial charge >= 0.3 is 11.9 Å². The summed E-state index contributed by atoms with van der Waals surface area (Å²) < 4.78 is 10.7. The van der Waals surface area contributed by atoms with E-state index < -0.39 is 17.9 Å². The molecule has 30 heavy (non-hydrogen) atoms. The Labute approximate surface area is 191 Å². The van der Waals surface area contributed by atoms with Gasteiger partial charge in [-0.3, -0.25) is 0 Å². The fraction of sp³-hybridized carbons (Fsp3) is 0.364. The van der Waals surface area contributed by atoms with E-state index in [-0.39, 0.29) is 23.8 Å². The van der Waals surface area contributed by atoms with Gasteiger partial charge in [-0.2, -0.15) is 11.8 Å². The van der Waals surface area contributed by atoms with Crippen molar-refractivity contribution in [3.05, 3.63) is 69.5 Å². The molecule has 0 bridgehead atoms. The third-order valence-electron chi connectivity index (χ3n) is 4.47. The molecule has 0 aliphatic carbocycles. The van der Waals surface area contributed by atoms with Crippen LogP contribution in [0.15, 0.2) is 53.9 Å². The molecule has 1 heterocycles. The second-order valence-corrected chi connectivity index (χ2v) is 8.44. The summed E-state index contributed by atoms with van der Waals surface area (Å²) in [5.41, 5.74) is 1.93. The maximum Gasteiger partial charge on any atom is 0.336 e. The molecule has 0 saturated carbocycles. The molecule has 1 atom stereocenters. The van der Waals surface area contributed by atoms with E-state index in [0.717, 1.165) is 11.4 Å². The van der Waals surface area contributed by atoms with Gasteiger partial charge in [0.1, 0.15) is 6.61 Å². The van der Waals surface area contributed by atoms with Crippen LogP contribution in [0.3, 0.4) is 0 Å².